The Hall–Kier alpha value is -1.20. The molecule has 0 atom stereocenters. The zero-order valence-electron chi connectivity index (χ0n) is 10.6. The molecule has 0 radical (unpaired) electrons. The molecule has 2 aromatic rings. The van der Waals surface area contributed by atoms with Gasteiger partial charge >= 0.3 is 0 Å². The zero-order chi connectivity index (χ0) is 13.1. The van der Waals surface area contributed by atoms with E-state index in [4.69, 9.17) is 0 Å². The third-order valence-corrected chi connectivity index (χ3v) is 5.12. The van der Waals surface area contributed by atoms with E-state index in [0.29, 0.717) is 17.5 Å². The number of rotatable bonds is 4. The molecule has 2 aromatic heterocycles. The number of thiophene rings is 1. The third kappa shape index (κ3) is 3.22. The number of carbonyl (C=O) groups is 1. The minimum absolute atomic E-state index is 0.110. The molecule has 0 aromatic carbocycles. The minimum atomic E-state index is 0.110. The number of carbonyl (C=O) groups excluding carboxylic acids is 1. The molecule has 1 aliphatic carbocycles. The largest absolute Gasteiger partial charge is 0.302 e. The Balaban J connectivity index is 1.59. The van der Waals surface area contributed by atoms with Gasteiger partial charge in [0, 0.05) is 11.8 Å². The molecular weight excluding hydrogens is 276 g/mol. The van der Waals surface area contributed by atoms with Crippen LogP contribution < -0.4 is 5.32 Å². The van der Waals surface area contributed by atoms with Crippen LogP contribution in [0.5, 0.6) is 0 Å². The Labute approximate surface area is 120 Å². The second-order valence-corrected chi connectivity index (χ2v) is 6.72. The standard InChI is InChI=1S/C14H16N2OS2/c17-13(8-10-4-1-2-5-10)16-14-15-11(9-19-14)12-6-3-7-18-12/h3,6-7,9-10H,1-2,4-5,8H2,(H,15,16,17). The Kier molecular flexibility index (Phi) is 3.94. The SMILES string of the molecule is O=C(CC1CCCC1)Nc1nc(-c2cccs2)cs1. The van der Waals surface area contributed by atoms with Crippen molar-refractivity contribution in [1.29, 1.82) is 0 Å². The van der Waals surface area contributed by atoms with Gasteiger partial charge in [-0.1, -0.05) is 18.9 Å². The van der Waals surface area contributed by atoms with Crippen LogP contribution in [0.15, 0.2) is 22.9 Å². The van der Waals surface area contributed by atoms with Crippen LogP contribution >= 0.6 is 22.7 Å². The molecule has 19 heavy (non-hydrogen) atoms. The summed E-state index contributed by atoms with van der Waals surface area (Å²) >= 11 is 3.16. The Morgan fingerprint density at radius 1 is 1.37 bits per heavy atom. The van der Waals surface area contributed by atoms with E-state index in [2.05, 4.69) is 10.3 Å². The number of nitrogens with one attached hydrogen (secondary N) is 1. The molecule has 100 valence electrons. The molecule has 3 nitrogen and oxygen atoms in total. The van der Waals surface area contributed by atoms with Gasteiger partial charge in [-0.3, -0.25) is 4.79 Å². The molecule has 1 fully saturated rings. The second-order valence-electron chi connectivity index (χ2n) is 4.92. The zero-order valence-corrected chi connectivity index (χ0v) is 12.2. The highest BCUT2D eigenvalue weighted by Crippen LogP contribution is 2.30. The van der Waals surface area contributed by atoms with E-state index >= 15 is 0 Å². The average Bonchev–Trinajstić information content (AvgIpc) is 3.09. The summed E-state index contributed by atoms with van der Waals surface area (Å²) in [5, 5.41) is 7.67. The number of anilines is 1. The van der Waals surface area contributed by atoms with Crippen molar-refractivity contribution < 1.29 is 4.79 Å². The predicted molar refractivity (Wildman–Crippen MR) is 80.6 cm³/mol. The van der Waals surface area contributed by atoms with Gasteiger partial charge in [0.15, 0.2) is 5.13 Å². The number of nitrogens with zero attached hydrogens (tertiary/aromatic N) is 1. The van der Waals surface area contributed by atoms with Crippen LogP contribution in [-0.2, 0) is 4.79 Å². The van der Waals surface area contributed by atoms with E-state index in [1.165, 1.54) is 37.0 Å². The normalized spacial score (nSPS) is 15.8. The molecule has 0 aliphatic heterocycles. The van der Waals surface area contributed by atoms with Crippen LogP contribution in [0.1, 0.15) is 32.1 Å². The average molecular weight is 292 g/mol. The molecule has 1 N–H and O–H groups in total. The summed E-state index contributed by atoms with van der Waals surface area (Å²) < 4.78 is 0. The smallest absolute Gasteiger partial charge is 0.226 e. The van der Waals surface area contributed by atoms with Crippen LogP contribution in [0.2, 0.25) is 0 Å². The summed E-state index contributed by atoms with van der Waals surface area (Å²) in [6.45, 7) is 0. The fraction of sp³-hybridized carbons (Fsp3) is 0.429. The molecule has 5 heteroatoms. The molecule has 0 bridgehead atoms. The fourth-order valence-corrected chi connectivity index (χ4v) is 4.00. The van der Waals surface area contributed by atoms with Gasteiger partial charge in [0.25, 0.3) is 0 Å². The lowest BCUT2D eigenvalue weighted by Crippen LogP contribution is -2.14. The van der Waals surface area contributed by atoms with E-state index in [9.17, 15) is 4.79 Å². The molecule has 0 unspecified atom stereocenters. The van der Waals surface area contributed by atoms with Gasteiger partial charge in [-0.15, -0.1) is 22.7 Å². The topological polar surface area (TPSA) is 42.0 Å². The van der Waals surface area contributed by atoms with E-state index < -0.39 is 0 Å². The number of hydrogen-bond acceptors (Lipinski definition) is 4. The first kappa shape index (κ1) is 12.8. The fourth-order valence-electron chi connectivity index (χ4n) is 2.52. The molecule has 1 aliphatic rings. The van der Waals surface area contributed by atoms with Crippen LogP contribution in [0.25, 0.3) is 10.6 Å². The highest BCUT2D eigenvalue weighted by atomic mass is 32.1. The maximum atomic E-state index is 11.9. The van der Waals surface area contributed by atoms with Crippen LogP contribution in [0, 0.1) is 5.92 Å². The lowest BCUT2D eigenvalue weighted by atomic mass is 10.0. The van der Waals surface area contributed by atoms with Crippen molar-refractivity contribution in [2.45, 2.75) is 32.1 Å². The number of hydrogen-bond donors (Lipinski definition) is 1. The van der Waals surface area contributed by atoms with Crippen LogP contribution in [-0.4, -0.2) is 10.9 Å². The number of aromatic nitrogens is 1. The van der Waals surface area contributed by atoms with Crippen LogP contribution in [0.4, 0.5) is 5.13 Å². The Bertz CT molecular complexity index is 542. The van der Waals surface area contributed by atoms with Gasteiger partial charge in [0.1, 0.15) is 0 Å². The molecule has 1 amide bonds. The summed E-state index contributed by atoms with van der Waals surface area (Å²) in [5.41, 5.74) is 0.955. The maximum absolute atomic E-state index is 11.9. The number of amides is 1. The van der Waals surface area contributed by atoms with Crippen molar-refractivity contribution in [3.63, 3.8) is 0 Å². The van der Waals surface area contributed by atoms with Gasteiger partial charge in [0.2, 0.25) is 5.91 Å². The van der Waals surface area contributed by atoms with Crippen molar-refractivity contribution in [2.24, 2.45) is 5.92 Å². The van der Waals surface area contributed by atoms with Gasteiger partial charge in [-0.05, 0) is 30.2 Å². The van der Waals surface area contributed by atoms with E-state index in [1.807, 2.05) is 22.9 Å². The van der Waals surface area contributed by atoms with E-state index in [1.54, 1.807) is 11.3 Å². The highest BCUT2D eigenvalue weighted by molar-refractivity contribution is 7.16. The maximum Gasteiger partial charge on any atom is 0.226 e. The summed E-state index contributed by atoms with van der Waals surface area (Å²) in [4.78, 5) is 17.5. The van der Waals surface area contributed by atoms with E-state index in [0.717, 1.165) is 10.6 Å². The lowest BCUT2D eigenvalue weighted by Gasteiger charge is -2.07. The Morgan fingerprint density at radius 3 is 2.95 bits per heavy atom. The summed E-state index contributed by atoms with van der Waals surface area (Å²) in [5.74, 6) is 0.690. The lowest BCUT2D eigenvalue weighted by molar-refractivity contribution is -0.117. The highest BCUT2D eigenvalue weighted by Gasteiger charge is 2.19. The van der Waals surface area contributed by atoms with Crippen molar-refractivity contribution in [3.8, 4) is 10.6 Å². The minimum Gasteiger partial charge on any atom is -0.302 e. The van der Waals surface area contributed by atoms with Crippen molar-refractivity contribution in [2.75, 3.05) is 5.32 Å². The predicted octanol–water partition coefficient (Wildman–Crippen LogP) is 4.39. The van der Waals surface area contributed by atoms with Gasteiger partial charge < -0.3 is 5.32 Å². The number of thiazole rings is 1. The summed E-state index contributed by atoms with van der Waals surface area (Å²) in [7, 11) is 0. The van der Waals surface area contributed by atoms with Crippen molar-refractivity contribution in [1.82, 2.24) is 4.98 Å². The molecule has 2 heterocycles. The van der Waals surface area contributed by atoms with Crippen molar-refractivity contribution >= 4 is 33.7 Å². The van der Waals surface area contributed by atoms with Crippen molar-refractivity contribution in [3.05, 3.63) is 22.9 Å². The Morgan fingerprint density at radius 2 is 2.21 bits per heavy atom. The quantitative estimate of drug-likeness (QED) is 0.908. The van der Waals surface area contributed by atoms with Gasteiger partial charge in [-0.25, -0.2) is 4.98 Å². The second kappa shape index (κ2) is 5.84. The van der Waals surface area contributed by atoms with Crippen LogP contribution in [0.3, 0.4) is 0 Å². The summed E-state index contributed by atoms with van der Waals surface area (Å²) in [6, 6.07) is 4.06. The monoisotopic (exact) mass is 292 g/mol. The molecule has 0 spiro atoms. The molecule has 3 rings (SSSR count). The first-order valence-electron chi connectivity index (χ1n) is 6.60. The first-order chi connectivity index (χ1) is 9.31. The van der Waals surface area contributed by atoms with Gasteiger partial charge in [-0.2, -0.15) is 0 Å². The molecular formula is C14H16N2OS2. The van der Waals surface area contributed by atoms with E-state index in [-0.39, 0.29) is 5.91 Å². The third-order valence-electron chi connectivity index (χ3n) is 3.47. The summed E-state index contributed by atoms with van der Waals surface area (Å²) in [6.07, 6.45) is 5.60. The van der Waals surface area contributed by atoms with Gasteiger partial charge in [0.05, 0.1) is 10.6 Å². The molecule has 0 saturated heterocycles. The molecule has 1 saturated carbocycles. The first-order valence-corrected chi connectivity index (χ1v) is 8.36.